The molecule has 2 amide bonds. The van der Waals surface area contributed by atoms with Crippen molar-refractivity contribution in [2.45, 2.75) is 55.9 Å². The first-order valence-corrected chi connectivity index (χ1v) is 11.3. The van der Waals surface area contributed by atoms with Crippen LogP contribution >= 0.6 is 0 Å². The first-order chi connectivity index (χ1) is 12.8. The summed E-state index contributed by atoms with van der Waals surface area (Å²) in [6.45, 7) is 0.0950. The van der Waals surface area contributed by atoms with Crippen LogP contribution in [0.3, 0.4) is 0 Å². The average Bonchev–Trinajstić information content (AvgIpc) is 2.63. The van der Waals surface area contributed by atoms with E-state index in [1.54, 1.807) is 12.1 Å². The maximum atomic E-state index is 12.2. The largest absolute Gasteiger partial charge is 0.382 e. The molecule has 0 radical (unpaired) electrons. The number of amides is 2. The quantitative estimate of drug-likeness (QED) is 0.589. The standard InChI is InChI=1S/C19H29N3O4S/c1-27(25,26)16-9-5-8-15(12-16)21-13-17(19(20)24)22-18(23)11-10-14-6-3-2-4-7-14/h5,8-9,12,14,17,21H,2-4,6-7,10-11,13H2,1H3,(H2,20,24)(H,22,23)/t17-/m0/s1. The number of carbonyl (C=O) groups excluding carboxylic acids is 2. The number of primary amides is 1. The molecule has 1 fully saturated rings. The number of carbonyl (C=O) groups is 2. The summed E-state index contributed by atoms with van der Waals surface area (Å²) >= 11 is 0. The molecular weight excluding hydrogens is 366 g/mol. The van der Waals surface area contributed by atoms with Crippen molar-refractivity contribution >= 4 is 27.3 Å². The fraction of sp³-hybridized carbons (Fsp3) is 0.579. The summed E-state index contributed by atoms with van der Waals surface area (Å²) in [4.78, 5) is 24.0. The van der Waals surface area contributed by atoms with Gasteiger partial charge in [0.05, 0.1) is 4.90 Å². The SMILES string of the molecule is CS(=O)(=O)c1cccc(NC[C@H](NC(=O)CCC2CCCCC2)C(N)=O)c1. The smallest absolute Gasteiger partial charge is 0.241 e. The second-order valence-electron chi connectivity index (χ2n) is 7.25. The van der Waals surface area contributed by atoms with E-state index in [1.165, 1.54) is 44.2 Å². The lowest BCUT2D eigenvalue weighted by molar-refractivity contribution is -0.127. The molecule has 1 saturated carbocycles. The summed E-state index contributed by atoms with van der Waals surface area (Å²) in [6, 6.07) is 5.43. The molecule has 7 nitrogen and oxygen atoms in total. The van der Waals surface area contributed by atoms with Crippen LogP contribution in [0, 0.1) is 5.92 Å². The Morgan fingerprint density at radius 1 is 1.22 bits per heavy atom. The molecule has 8 heteroatoms. The van der Waals surface area contributed by atoms with Gasteiger partial charge in [-0.1, -0.05) is 38.2 Å². The summed E-state index contributed by atoms with van der Waals surface area (Å²) in [5.74, 6) is -0.225. The van der Waals surface area contributed by atoms with Crippen LogP contribution in [0.4, 0.5) is 5.69 Å². The lowest BCUT2D eigenvalue weighted by Gasteiger charge is -2.22. The second-order valence-corrected chi connectivity index (χ2v) is 9.26. The molecule has 0 unspecified atom stereocenters. The molecule has 0 heterocycles. The number of nitrogens with two attached hydrogens (primary N) is 1. The fourth-order valence-electron chi connectivity index (χ4n) is 3.36. The van der Waals surface area contributed by atoms with E-state index in [1.807, 2.05) is 0 Å². The van der Waals surface area contributed by atoms with Gasteiger partial charge >= 0.3 is 0 Å². The van der Waals surface area contributed by atoms with Gasteiger partial charge in [-0.15, -0.1) is 0 Å². The third-order valence-electron chi connectivity index (χ3n) is 4.96. The van der Waals surface area contributed by atoms with Crippen LogP contribution in [0.15, 0.2) is 29.2 Å². The summed E-state index contributed by atoms with van der Waals surface area (Å²) in [5.41, 5.74) is 5.94. The van der Waals surface area contributed by atoms with E-state index in [4.69, 9.17) is 5.73 Å². The average molecular weight is 396 g/mol. The Hall–Kier alpha value is -2.09. The number of rotatable bonds is 9. The van der Waals surface area contributed by atoms with Gasteiger partial charge < -0.3 is 16.4 Å². The number of nitrogens with one attached hydrogen (secondary N) is 2. The van der Waals surface area contributed by atoms with E-state index < -0.39 is 21.8 Å². The third kappa shape index (κ3) is 7.21. The molecule has 150 valence electrons. The Morgan fingerprint density at radius 2 is 1.93 bits per heavy atom. The maximum Gasteiger partial charge on any atom is 0.241 e. The predicted molar refractivity (Wildman–Crippen MR) is 105 cm³/mol. The molecule has 0 spiro atoms. The molecule has 1 aliphatic carbocycles. The zero-order valence-corrected chi connectivity index (χ0v) is 16.6. The van der Waals surface area contributed by atoms with Gasteiger partial charge in [-0.05, 0) is 30.5 Å². The number of benzene rings is 1. The van der Waals surface area contributed by atoms with Gasteiger partial charge in [-0.2, -0.15) is 0 Å². The van der Waals surface area contributed by atoms with Crippen molar-refractivity contribution in [3.05, 3.63) is 24.3 Å². The highest BCUT2D eigenvalue weighted by Crippen LogP contribution is 2.27. The molecule has 0 aliphatic heterocycles. The Morgan fingerprint density at radius 3 is 2.56 bits per heavy atom. The van der Waals surface area contributed by atoms with Crippen molar-refractivity contribution in [2.24, 2.45) is 11.7 Å². The van der Waals surface area contributed by atoms with E-state index in [-0.39, 0.29) is 17.3 Å². The topological polar surface area (TPSA) is 118 Å². The molecule has 2 rings (SSSR count). The number of hydrogen-bond acceptors (Lipinski definition) is 5. The third-order valence-corrected chi connectivity index (χ3v) is 6.07. The highest BCUT2D eigenvalue weighted by atomic mass is 32.2. The minimum absolute atomic E-state index is 0.0950. The van der Waals surface area contributed by atoms with Gasteiger partial charge in [-0.3, -0.25) is 9.59 Å². The monoisotopic (exact) mass is 395 g/mol. The Labute approximate surface area is 161 Å². The Balaban J connectivity index is 1.86. The van der Waals surface area contributed by atoms with Crippen molar-refractivity contribution in [1.29, 1.82) is 0 Å². The number of anilines is 1. The van der Waals surface area contributed by atoms with Crippen molar-refractivity contribution in [3.8, 4) is 0 Å². The van der Waals surface area contributed by atoms with Crippen LogP contribution in [-0.4, -0.2) is 39.1 Å². The van der Waals surface area contributed by atoms with Crippen molar-refractivity contribution < 1.29 is 18.0 Å². The van der Waals surface area contributed by atoms with Gasteiger partial charge in [0.1, 0.15) is 6.04 Å². The first kappa shape index (κ1) is 21.2. The van der Waals surface area contributed by atoms with Gasteiger partial charge in [0.2, 0.25) is 11.8 Å². The maximum absolute atomic E-state index is 12.2. The summed E-state index contributed by atoms with van der Waals surface area (Å²) in [7, 11) is -3.32. The van der Waals surface area contributed by atoms with E-state index in [0.29, 0.717) is 18.0 Å². The van der Waals surface area contributed by atoms with Crippen LogP contribution in [0.2, 0.25) is 0 Å². The molecule has 1 aliphatic rings. The van der Waals surface area contributed by atoms with Crippen LogP contribution in [0.1, 0.15) is 44.9 Å². The highest BCUT2D eigenvalue weighted by molar-refractivity contribution is 7.90. The fourth-order valence-corrected chi connectivity index (χ4v) is 4.02. The lowest BCUT2D eigenvalue weighted by Crippen LogP contribution is -2.48. The van der Waals surface area contributed by atoms with Crippen molar-refractivity contribution in [3.63, 3.8) is 0 Å². The molecule has 4 N–H and O–H groups in total. The molecule has 1 aromatic carbocycles. The summed E-state index contributed by atoms with van der Waals surface area (Å²) < 4.78 is 23.2. The molecule has 27 heavy (non-hydrogen) atoms. The van der Waals surface area contributed by atoms with Crippen LogP contribution in [-0.2, 0) is 19.4 Å². The Kier molecular flexibility index (Phi) is 7.65. The van der Waals surface area contributed by atoms with Crippen molar-refractivity contribution in [2.75, 3.05) is 18.1 Å². The zero-order valence-electron chi connectivity index (χ0n) is 15.7. The van der Waals surface area contributed by atoms with Gasteiger partial charge in [0.25, 0.3) is 0 Å². The number of sulfone groups is 1. The highest BCUT2D eigenvalue weighted by Gasteiger charge is 2.20. The van der Waals surface area contributed by atoms with E-state index >= 15 is 0 Å². The summed E-state index contributed by atoms with van der Waals surface area (Å²) in [6.07, 6.45) is 8.43. The molecule has 0 bridgehead atoms. The van der Waals surface area contributed by atoms with Crippen LogP contribution in [0.25, 0.3) is 0 Å². The number of hydrogen-bond donors (Lipinski definition) is 3. The molecular formula is C19H29N3O4S. The van der Waals surface area contributed by atoms with E-state index in [0.717, 1.165) is 12.7 Å². The minimum Gasteiger partial charge on any atom is -0.382 e. The normalized spacial score (nSPS) is 16.5. The van der Waals surface area contributed by atoms with Crippen molar-refractivity contribution in [1.82, 2.24) is 5.32 Å². The van der Waals surface area contributed by atoms with Gasteiger partial charge in [-0.25, -0.2) is 8.42 Å². The summed E-state index contributed by atoms with van der Waals surface area (Å²) in [5, 5.41) is 5.65. The molecule has 0 saturated heterocycles. The Bertz CT molecular complexity index is 758. The van der Waals surface area contributed by atoms with Gasteiger partial charge in [0, 0.05) is 24.9 Å². The lowest BCUT2D eigenvalue weighted by atomic mass is 9.86. The van der Waals surface area contributed by atoms with Crippen LogP contribution < -0.4 is 16.4 Å². The zero-order chi connectivity index (χ0) is 19.9. The minimum atomic E-state index is -3.32. The molecule has 0 aromatic heterocycles. The molecule has 1 aromatic rings. The van der Waals surface area contributed by atoms with Crippen LogP contribution in [0.5, 0.6) is 0 Å². The second kappa shape index (κ2) is 9.73. The first-order valence-electron chi connectivity index (χ1n) is 9.38. The molecule has 1 atom stereocenters. The van der Waals surface area contributed by atoms with E-state index in [9.17, 15) is 18.0 Å². The predicted octanol–water partition coefficient (Wildman–Crippen LogP) is 1.83. The van der Waals surface area contributed by atoms with Gasteiger partial charge in [0.15, 0.2) is 9.84 Å². The van der Waals surface area contributed by atoms with E-state index in [2.05, 4.69) is 10.6 Å².